The monoisotopic (exact) mass is 255 g/mol. The molecule has 0 fully saturated rings. The second-order valence-electron chi connectivity index (χ2n) is 3.90. The highest BCUT2D eigenvalue weighted by Crippen LogP contribution is 2.13. The van der Waals surface area contributed by atoms with Gasteiger partial charge in [-0.3, -0.25) is 0 Å². The lowest BCUT2D eigenvalue weighted by Crippen LogP contribution is -2.35. The molecular formula is C12H21N3OS. The number of aromatic nitrogens is 2. The number of hydrogen-bond acceptors (Lipinski definition) is 5. The van der Waals surface area contributed by atoms with Gasteiger partial charge in [0.25, 0.3) is 0 Å². The van der Waals surface area contributed by atoms with Gasteiger partial charge < -0.3 is 10.1 Å². The van der Waals surface area contributed by atoms with Crippen LogP contribution >= 0.6 is 11.8 Å². The first-order valence-corrected chi connectivity index (χ1v) is 6.89. The minimum Gasteiger partial charge on any atom is -0.383 e. The van der Waals surface area contributed by atoms with E-state index in [1.807, 2.05) is 13.0 Å². The van der Waals surface area contributed by atoms with E-state index in [0.717, 1.165) is 36.2 Å². The standard InChI is InChI=1S/C12H21N3OS/c1-4-6-13-11(8-16-3)9-17-12-14-7-5-10(2)15-12/h5,7,11,13H,4,6,8-9H2,1-3H3. The fourth-order valence-corrected chi connectivity index (χ4v) is 2.29. The van der Waals surface area contributed by atoms with Crippen LogP contribution in [0.4, 0.5) is 0 Å². The second-order valence-corrected chi connectivity index (χ2v) is 4.89. The van der Waals surface area contributed by atoms with E-state index >= 15 is 0 Å². The van der Waals surface area contributed by atoms with Gasteiger partial charge >= 0.3 is 0 Å². The van der Waals surface area contributed by atoms with Gasteiger partial charge in [0.05, 0.1) is 6.61 Å². The Morgan fingerprint density at radius 3 is 3.00 bits per heavy atom. The highest BCUT2D eigenvalue weighted by Gasteiger charge is 2.09. The van der Waals surface area contributed by atoms with Crippen molar-refractivity contribution in [1.82, 2.24) is 15.3 Å². The van der Waals surface area contributed by atoms with Crippen LogP contribution in [0.3, 0.4) is 0 Å². The molecule has 0 aromatic carbocycles. The predicted molar refractivity (Wildman–Crippen MR) is 71.5 cm³/mol. The Balaban J connectivity index is 2.39. The van der Waals surface area contributed by atoms with E-state index in [2.05, 4.69) is 22.2 Å². The summed E-state index contributed by atoms with van der Waals surface area (Å²) in [6.45, 7) is 5.88. The molecule has 0 amide bonds. The van der Waals surface area contributed by atoms with Crippen LogP contribution in [0.5, 0.6) is 0 Å². The van der Waals surface area contributed by atoms with Crippen LogP contribution in [-0.4, -0.2) is 42.0 Å². The van der Waals surface area contributed by atoms with Crippen molar-refractivity contribution < 1.29 is 4.74 Å². The molecule has 96 valence electrons. The van der Waals surface area contributed by atoms with Gasteiger partial charge in [0.2, 0.25) is 0 Å². The zero-order valence-electron chi connectivity index (χ0n) is 10.8. The molecule has 4 nitrogen and oxygen atoms in total. The van der Waals surface area contributed by atoms with Gasteiger partial charge in [0.1, 0.15) is 0 Å². The third-order valence-corrected chi connectivity index (χ3v) is 3.26. The highest BCUT2D eigenvalue weighted by atomic mass is 32.2. The molecule has 1 atom stereocenters. The Morgan fingerprint density at radius 2 is 2.35 bits per heavy atom. The first-order chi connectivity index (χ1) is 8.26. The van der Waals surface area contributed by atoms with E-state index in [4.69, 9.17) is 4.74 Å². The largest absolute Gasteiger partial charge is 0.383 e. The van der Waals surface area contributed by atoms with Crippen LogP contribution < -0.4 is 5.32 Å². The van der Waals surface area contributed by atoms with Gasteiger partial charge in [0, 0.05) is 30.8 Å². The molecule has 0 spiro atoms. The van der Waals surface area contributed by atoms with Crippen molar-refractivity contribution in [3.8, 4) is 0 Å². The van der Waals surface area contributed by atoms with Crippen molar-refractivity contribution in [3.63, 3.8) is 0 Å². The van der Waals surface area contributed by atoms with Crippen LogP contribution in [-0.2, 0) is 4.74 Å². The fraction of sp³-hybridized carbons (Fsp3) is 0.667. The van der Waals surface area contributed by atoms with Crippen LogP contribution in [0.25, 0.3) is 0 Å². The van der Waals surface area contributed by atoms with Crippen molar-refractivity contribution in [2.24, 2.45) is 0 Å². The third kappa shape index (κ3) is 6.00. The second kappa shape index (κ2) is 8.44. The normalized spacial score (nSPS) is 12.6. The Labute approximate surface area is 108 Å². The van der Waals surface area contributed by atoms with E-state index in [1.54, 1.807) is 25.1 Å². The van der Waals surface area contributed by atoms with Gasteiger partial charge in [0.15, 0.2) is 5.16 Å². The molecule has 1 aromatic heterocycles. The molecule has 1 heterocycles. The topological polar surface area (TPSA) is 47.0 Å². The smallest absolute Gasteiger partial charge is 0.187 e. The number of rotatable bonds is 8. The average Bonchev–Trinajstić information content (AvgIpc) is 2.33. The molecule has 17 heavy (non-hydrogen) atoms. The number of aryl methyl sites for hydroxylation is 1. The van der Waals surface area contributed by atoms with E-state index < -0.39 is 0 Å². The lowest BCUT2D eigenvalue weighted by atomic mass is 10.3. The summed E-state index contributed by atoms with van der Waals surface area (Å²) in [7, 11) is 1.73. The van der Waals surface area contributed by atoms with Crippen LogP contribution in [0.1, 0.15) is 19.0 Å². The molecule has 0 saturated heterocycles. The third-order valence-electron chi connectivity index (χ3n) is 2.24. The SMILES string of the molecule is CCCNC(COC)CSc1nccc(C)n1. The number of nitrogens with zero attached hydrogens (tertiary/aromatic N) is 2. The van der Waals surface area contributed by atoms with E-state index in [-0.39, 0.29) is 0 Å². The summed E-state index contributed by atoms with van der Waals surface area (Å²) in [6.07, 6.45) is 2.93. The first kappa shape index (κ1) is 14.4. The van der Waals surface area contributed by atoms with E-state index in [9.17, 15) is 0 Å². The Kier molecular flexibility index (Phi) is 7.16. The quantitative estimate of drug-likeness (QED) is 0.568. The molecule has 1 unspecified atom stereocenters. The minimum absolute atomic E-state index is 0.356. The zero-order chi connectivity index (χ0) is 12.5. The molecule has 1 aromatic rings. The lowest BCUT2D eigenvalue weighted by Gasteiger charge is -2.16. The number of nitrogens with one attached hydrogen (secondary N) is 1. The molecule has 5 heteroatoms. The number of thioether (sulfide) groups is 1. The summed E-state index contributed by atoms with van der Waals surface area (Å²) in [5, 5.41) is 4.29. The molecule has 0 aliphatic carbocycles. The summed E-state index contributed by atoms with van der Waals surface area (Å²) in [5.74, 6) is 0.928. The van der Waals surface area contributed by atoms with Crippen LogP contribution in [0, 0.1) is 6.92 Å². The molecule has 0 aliphatic heterocycles. The molecule has 0 radical (unpaired) electrons. The van der Waals surface area contributed by atoms with E-state index in [0.29, 0.717) is 6.04 Å². The van der Waals surface area contributed by atoms with Gasteiger partial charge in [-0.25, -0.2) is 9.97 Å². The summed E-state index contributed by atoms with van der Waals surface area (Å²) in [4.78, 5) is 8.60. The number of methoxy groups -OCH3 is 1. The molecular weight excluding hydrogens is 234 g/mol. The molecule has 0 bridgehead atoms. The summed E-state index contributed by atoms with van der Waals surface area (Å²) >= 11 is 1.67. The highest BCUT2D eigenvalue weighted by molar-refractivity contribution is 7.99. The van der Waals surface area contributed by atoms with Crippen molar-refractivity contribution in [2.75, 3.05) is 26.0 Å². The summed E-state index contributed by atoms with van der Waals surface area (Å²) in [5.41, 5.74) is 1.01. The van der Waals surface area contributed by atoms with Gasteiger partial charge in [-0.05, 0) is 26.0 Å². The number of ether oxygens (including phenoxy) is 1. The van der Waals surface area contributed by atoms with Crippen LogP contribution in [0.15, 0.2) is 17.4 Å². The van der Waals surface area contributed by atoms with Crippen molar-refractivity contribution in [1.29, 1.82) is 0 Å². The van der Waals surface area contributed by atoms with Gasteiger partial charge in [-0.1, -0.05) is 18.7 Å². The summed E-state index contributed by atoms with van der Waals surface area (Å²) in [6, 6.07) is 2.26. The maximum atomic E-state index is 5.20. The maximum absolute atomic E-state index is 5.20. The van der Waals surface area contributed by atoms with E-state index in [1.165, 1.54) is 0 Å². The number of hydrogen-bond donors (Lipinski definition) is 1. The van der Waals surface area contributed by atoms with Gasteiger partial charge in [-0.2, -0.15) is 0 Å². The Hall–Kier alpha value is -0.650. The zero-order valence-corrected chi connectivity index (χ0v) is 11.6. The fourth-order valence-electron chi connectivity index (χ4n) is 1.39. The van der Waals surface area contributed by atoms with Crippen molar-refractivity contribution in [2.45, 2.75) is 31.5 Å². The summed E-state index contributed by atoms with van der Waals surface area (Å²) < 4.78 is 5.20. The average molecular weight is 255 g/mol. The maximum Gasteiger partial charge on any atom is 0.187 e. The minimum atomic E-state index is 0.356. The molecule has 1 rings (SSSR count). The molecule has 0 saturated carbocycles. The molecule has 1 N–H and O–H groups in total. The molecule has 0 aliphatic rings. The van der Waals surface area contributed by atoms with Gasteiger partial charge in [-0.15, -0.1) is 0 Å². The van der Waals surface area contributed by atoms with Crippen molar-refractivity contribution in [3.05, 3.63) is 18.0 Å². The Bertz CT molecular complexity index is 322. The van der Waals surface area contributed by atoms with Crippen LogP contribution in [0.2, 0.25) is 0 Å². The lowest BCUT2D eigenvalue weighted by molar-refractivity contribution is 0.174. The first-order valence-electron chi connectivity index (χ1n) is 5.91. The van der Waals surface area contributed by atoms with Crippen molar-refractivity contribution >= 4 is 11.8 Å². The Morgan fingerprint density at radius 1 is 1.53 bits per heavy atom. The predicted octanol–water partition coefficient (Wildman–Crippen LogP) is 1.89.